The number of aliphatic hydroxyl groups is 1. The molecule has 0 aliphatic heterocycles. The van der Waals surface area contributed by atoms with Crippen LogP contribution >= 0.6 is 0 Å². The summed E-state index contributed by atoms with van der Waals surface area (Å²) in [7, 11) is 0. The largest absolute Gasteiger partial charge is 0.389 e. The number of hydrogen-bond acceptors (Lipinski definition) is 1. The van der Waals surface area contributed by atoms with Gasteiger partial charge < -0.3 is 5.11 Å². The fourth-order valence-electron chi connectivity index (χ4n) is 6.28. The fourth-order valence-corrected chi connectivity index (χ4v) is 6.28. The van der Waals surface area contributed by atoms with Crippen molar-refractivity contribution in [1.82, 2.24) is 0 Å². The zero-order valence-electron chi connectivity index (χ0n) is 10.6. The van der Waals surface area contributed by atoms with Crippen molar-refractivity contribution >= 4 is 0 Å². The zero-order valence-corrected chi connectivity index (χ0v) is 10.6. The van der Waals surface area contributed by atoms with Crippen molar-refractivity contribution in [3.05, 3.63) is 12.2 Å². The molecule has 4 rings (SSSR count). The van der Waals surface area contributed by atoms with Crippen LogP contribution in [0.4, 0.5) is 0 Å². The molecule has 4 aliphatic carbocycles. The smallest absolute Gasteiger partial charge is 0.0756 e. The maximum absolute atomic E-state index is 10.1. The number of hydrogen-bond donors (Lipinski definition) is 1. The van der Waals surface area contributed by atoms with E-state index in [2.05, 4.69) is 27.4 Å². The molecule has 0 heterocycles. The van der Waals surface area contributed by atoms with Crippen molar-refractivity contribution in [1.29, 1.82) is 0 Å². The van der Waals surface area contributed by atoms with Crippen LogP contribution in [0, 0.1) is 34.0 Å². The van der Waals surface area contributed by atoms with Crippen LogP contribution in [0.25, 0.3) is 0 Å². The molecule has 1 nitrogen and oxygen atoms in total. The summed E-state index contributed by atoms with van der Waals surface area (Å²) in [5, 5.41) is 10.1. The van der Waals surface area contributed by atoms with E-state index in [1.165, 1.54) is 18.4 Å². The molecule has 4 fully saturated rings. The molecule has 88 valence electrons. The summed E-state index contributed by atoms with van der Waals surface area (Å²) in [5.41, 5.74) is 2.55. The Balaban J connectivity index is 1.85. The van der Waals surface area contributed by atoms with Gasteiger partial charge in [0.25, 0.3) is 0 Å². The Morgan fingerprint density at radius 3 is 2.69 bits per heavy atom. The van der Waals surface area contributed by atoms with Gasteiger partial charge in [-0.3, -0.25) is 0 Å². The van der Waals surface area contributed by atoms with Gasteiger partial charge >= 0.3 is 0 Å². The van der Waals surface area contributed by atoms with E-state index in [0.29, 0.717) is 16.2 Å². The molecular formula is C15H22O. The van der Waals surface area contributed by atoms with Crippen molar-refractivity contribution in [3.63, 3.8) is 0 Å². The summed E-state index contributed by atoms with van der Waals surface area (Å²) < 4.78 is 0. The van der Waals surface area contributed by atoms with Gasteiger partial charge in [-0.1, -0.05) is 27.4 Å². The second-order valence-corrected chi connectivity index (χ2v) is 7.56. The van der Waals surface area contributed by atoms with Crippen molar-refractivity contribution in [2.75, 3.05) is 0 Å². The van der Waals surface area contributed by atoms with Crippen LogP contribution in [-0.4, -0.2) is 11.2 Å². The van der Waals surface area contributed by atoms with Gasteiger partial charge in [0.15, 0.2) is 0 Å². The molecule has 16 heavy (non-hydrogen) atoms. The van der Waals surface area contributed by atoms with Gasteiger partial charge in [0.05, 0.1) is 6.10 Å². The molecule has 0 aromatic heterocycles. The maximum Gasteiger partial charge on any atom is 0.0756 e. The summed E-state index contributed by atoms with van der Waals surface area (Å²) in [5.74, 6) is 2.49. The van der Waals surface area contributed by atoms with Crippen LogP contribution in [-0.2, 0) is 0 Å². The van der Waals surface area contributed by atoms with Gasteiger partial charge in [0.1, 0.15) is 0 Å². The first-order chi connectivity index (χ1) is 7.38. The van der Waals surface area contributed by atoms with Gasteiger partial charge in [0, 0.05) is 5.41 Å². The first kappa shape index (κ1) is 9.70. The highest BCUT2D eigenvalue weighted by atomic mass is 16.3. The molecule has 4 unspecified atom stereocenters. The summed E-state index contributed by atoms with van der Waals surface area (Å²) in [6.07, 6.45) is 3.58. The monoisotopic (exact) mass is 218 g/mol. The van der Waals surface area contributed by atoms with Gasteiger partial charge in [-0.2, -0.15) is 0 Å². The molecule has 1 spiro atoms. The minimum Gasteiger partial charge on any atom is -0.389 e. The van der Waals surface area contributed by atoms with Crippen LogP contribution in [0.1, 0.15) is 40.0 Å². The molecule has 0 saturated heterocycles. The minimum atomic E-state index is -0.201. The molecule has 0 aromatic rings. The van der Waals surface area contributed by atoms with Gasteiger partial charge in [0.2, 0.25) is 0 Å². The highest BCUT2D eigenvalue weighted by molar-refractivity contribution is 5.47. The summed E-state index contributed by atoms with van der Waals surface area (Å²) >= 11 is 0. The lowest BCUT2D eigenvalue weighted by atomic mass is 9.74. The van der Waals surface area contributed by atoms with E-state index in [1.54, 1.807) is 0 Å². The van der Waals surface area contributed by atoms with Crippen LogP contribution in [0.15, 0.2) is 12.2 Å². The maximum atomic E-state index is 10.1. The van der Waals surface area contributed by atoms with Crippen molar-refractivity contribution in [3.8, 4) is 0 Å². The average Bonchev–Trinajstić information content (AvgIpc) is 2.91. The Bertz CT molecular complexity index is 410. The van der Waals surface area contributed by atoms with Crippen LogP contribution in [0.2, 0.25) is 0 Å². The van der Waals surface area contributed by atoms with Gasteiger partial charge in [-0.25, -0.2) is 0 Å². The average molecular weight is 218 g/mol. The molecular weight excluding hydrogens is 196 g/mol. The molecule has 1 heteroatoms. The van der Waals surface area contributed by atoms with Crippen molar-refractivity contribution < 1.29 is 5.11 Å². The van der Waals surface area contributed by atoms with Gasteiger partial charge in [-0.15, -0.1) is 0 Å². The van der Waals surface area contributed by atoms with E-state index in [4.69, 9.17) is 0 Å². The van der Waals surface area contributed by atoms with E-state index in [-0.39, 0.29) is 6.10 Å². The summed E-state index contributed by atoms with van der Waals surface area (Å²) in [6.45, 7) is 11.6. The minimum absolute atomic E-state index is 0.201. The predicted molar refractivity (Wildman–Crippen MR) is 63.8 cm³/mol. The van der Waals surface area contributed by atoms with E-state index in [9.17, 15) is 5.11 Å². The fraction of sp³-hybridized carbons (Fsp3) is 0.867. The van der Waals surface area contributed by atoms with Crippen molar-refractivity contribution in [2.24, 2.45) is 34.0 Å². The zero-order chi connectivity index (χ0) is 11.5. The lowest BCUT2D eigenvalue weighted by molar-refractivity contribution is 0.163. The molecule has 6 atom stereocenters. The first-order valence-electron chi connectivity index (χ1n) is 6.76. The summed E-state index contributed by atoms with van der Waals surface area (Å²) in [6, 6.07) is 0. The topological polar surface area (TPSA) is 20.2 Å². The van der Waals surface area contributed by atoms with Crippen molar-refractivity contribution in [2.45, 2.75) is 46.1 Å². The number of rotatable bonds is 0. The SMILES string of the molecule is C=C1[C@@H](O)CC2C13C1C(CC[C@@]23C)C1(C)C. The number of fused-ring (bicyclic) bond motifs is 2. The molecule has 1 N–H and O–H groups in total. The second kappa shape index (κ2) is 2.16. The second-order valence-electron chi connectivity index (χ2n) is 7.56. The number of aliphatic hydroxyl groups excluding tert-OH is 1. The van der Waals surface area contributed by atoms with Crippen LogP contribution in [0.5, 0.6) is 0 Å². The molecule has 0 aromatic carbocycles. The van der Waals surface area contributed by atoms with E-state index in [1.807, 2.05) is 0 Å². The quantitative estimate of drug-likeness (QED) is 0.620. The lowest BCUT2D eigenvalue weighted by Gasteiger charge is -2.31. The Morgan fingerprint density at radius 1 is 1.31 bits per heavy atom. The normalized spacial score (nSPS) is 64.6. The third kappa shape index (κ3) is 0.641. The third-order valence-corrected chi connectivity index (χ3v) is 7.09. The van der Waals surface area contributed by atoms with E-state index in [0.717, 1.165) is 24.2 Å². The molecule has 0 amide bonds. The summed E-state index contributed by atoms with van der Waals surface area (Å²) in [4.78, 5) is 0. The molecule has 4 aliphatic rings. The van der Waals surface area contributed by atoms with E-state index >= 15 is 0 Å². The Morgan fingerprint density at radius 2 is 2.00 bits per heavy atom. The molecule has 0 bridgehead atoms. The van der Waals surface area contributed by atoms with Gasteiger partial charge in [-0.05, 0) is 53.4 Å². The lowest BCUT2D eigenvalue weighted by Crippen LogP contribution is -2.26. The Hall–Kier alpha value is -0.300. The molecule has 0 radical (unpaired) electrons. The highest BCUT2D eigenvalue weighted by Crippen LogP contribution is 2.93. The highest BCUT2D eigenvalue weighted by Gasteiger charge is 2.89. The first-order valence-corrected chi connectivity index (χ1v) is 6.76. The van der Waals surface area contributed by atoms with E-state index < -0.39 is 0 Å². The third-order valence-electron chi connectivity index (χ3n) is 7.09. The Kier molecular flexibility index (Phi) is 1.31. The Labute approximate surface area is 97.9 Å². The molecule has 4 saturated carbocycles. The van der Waals surface area contributed by atoms with Crippen LogP contribution in [0.3, 0.4) is 0 Å². The standard InChI is InChI=1S/C15H22O/c1-8-10(16)7-11-14(4)6-5-9-12(13(9,2)3)15(8,11)14/h9-12,16H,1,5-7H2,2-4H3/t9?,10-,11?,12?,14-,15?/m0/s1. The predicted octanol–water partition coefficient (Wildman–Crippen LogP) is 3.00. The van der Waals surface area contributed by atoms with Crippen LogP contribution < -0.4 is 0 Å².